The highest BCUT2D eigenvalue weighted by molar-refractivity contribution is 5.93. The third-order valence-electron chi connectivity index (χ3n) is 2.45. The van der Waals surface area contributed by atoms with Crippen molar-refractivity contribution in [3.63, 3.8) is 0 Å². The van der Waals surface area contributed by atoms with Crippen LogP contribution in [0.4, 0.5) is 5.69 Å². The van der Waals surface area contributed by atoms with Crippen molar-refractivity contribution in [2.75, 3.05) is 26.1 Å². The average Bonchev–Trinajstić information content (AvgIpc) is 2.45. The zero-order valence-electron chi connectivity index (χ0n) is 11.9. The fourth-order valence-corrected chi connectivity index (χ4v) is 1.50. The molecule has 0 fully saturated rings. The summed E-state index contributed by atoms with van der Waals surface area (Å²) in [6.45, 7) is 1.56. The summed E-state index contributed by atoms with van der Waals surface area (Å²) in [6, 6.07) is 4.99. The van der Waals surface area contributed by atoms with Crippen LogP contribution < -0.4 is 14.8 Å². The first-order valence-corrected chi connectivity index (χ1v) is 6.27. The summed E-state index contributed by atoms with van der Waals surface area (Å²) in [5, 5.41) is 2.61. The Hall–Kier alpha value is -2.24. The smallest absolute Gasteiger partial charge is 0.306 e. The number of esters is 1. The van der Waals surface area contributed by atoms with Crippen LogP contribution in [0.3, 0.4) is 0 Å². The number of ether oxygens (including phenoxy) is 3. The second kappa shape index (κ2) is 8.04. The van der Waals surface area contributed by atoms with Crippen molar-refractivity contribution in [3.05, 3.63) is 18.2 Å². The van der Waals surface area contributed by atoms with Gasteiger partial charge in [0, 0.05) is 30.3 Å². The quantitative estimate of drug-likeness (QED) is 0.774. The molecule has 1 N–H and O–H groups in total. The maximum absolute atomic E-state index is 11.7. The SMILES string of the molecule is CCCC(=O)OCC(=O)Nc1cc(OC)cc(OC)c1. The van der Waals surface area contributed by atoms with E-state index in [0.29, 0.717) is 30.0 Å². The van der Waals surface area contributed by atoms with E-state index < -0.39 is 5.91 Å². The third-order valence-corrected chi connectivity index (χ3v) is 2.45. The lowest BCUT2D eigenvalue weighted by atomic mass is 10.2. The van der Waals surface area contributed by atoms with Crippen LogP contribution in [0.5, 0.6) is 11.5 Å². The highest BCUT2D eigenvalue weighted by Gasteiger charge is 2.09. The maximum atomic E-state index is 11.7. The first-order valence-electron chi connectivity index (χ1n) is 6.27. The minimum Gasteiger partial charge on any atom is -0.497 e. The summed E-state index contributed by atoms with van der Waals surface area (Å²) < 4.78 is 15.0. The first-order chi connectivity index (χ1) is 9.58. The lowest BCUT2D eigenvalue weighted by molar-refractivity contribution is -0.147. The van der Waals surface area contributed by atoms with E-state index in [9.17, 15) is 9.59 Å². The van der Waals surface area contributed by atoms with Crippen molar-refractivity contribution < 1.29 is 23.8 Å². The van der Waals surface area contributed by atoms with Crippen molar-refractivity contribution >= 4 is 17.6 Å². The topological polar surface area (TPSA) is 73.9 Å². The zero-order chi connectivity index (χ0) is 15.0. The molecule has 0 atom stereocenters. The minimum absolute atomic E-state index is 0.306. The molecule has 0 aliphatic rings. The molecule has 0 saturated heterocycles. The van der Waals surface area contributed by atoms with E-state index in [-0.39, 0.29) is 12.6 Å². The van der Waals surface area contributed by atoms with E-state index in [2.05, 4.69) is 5.32 Å². The average molecular weight is 281 g/mol. The molecular weight excluding hydrogens is 262 g/mol. The van der Waals surface area contributed by atoms with Gasteiger partial charge in [-0.25, -0.2) is 0 Å². The molecule has 0 aliphatic carbocycles. The molecule has 1 aromatic rings. The summed E-state index contributed by atoms with van der Waals surface area (Å²) in [5.41, 5.74) is 0.512. The van der Waals surface area contributed by atoms with Gasteiger partial charge < -0.3 is 19.5 Å². The molecule has 0 aromatic heterocycles. The molecule has 1 rings (SSSR count). The molecule has 0 aliphatic heterocycles. The van der Waals surface area contributed by atoms with Crippen LogP contribution in [0.15, 0.2) is 18.2 Å². The summed E-state index contributed by atoms with van der Waals surface area (Å²) in [4.78, 5) is 22.8. The van der Waals surface area contributed by atoms with Crippen LogP contribution in [0.25, 0.3) is 0 Å². The Morgan fingerprint density at radius 3 is 2.20 bits per heavy atom. The molecule has 6 nitrogen and oxygen atoms in total. The molecule has 20 heavy (non-hydrogen) atoms. The maximum Gasteiger partial charge on any atom is 0.306 e. The predicted molar refractivity (Wildman–Crippen MR) is 74.0 cm³/mol. The number of hydrogen-bond donors (Lipinski definition) is 1. The Balaban J connectivity index is 2.59. The first kappa shape index (κ1) is 15.8. The Labute approximate surface area is 118 Å². The Morgan fingerprint density at radius 1 is 1.10 bits per heavy atom. The summed E-state index contributed by atoms with van der Waals surface area (Å²) in [7, 11) is 3.04. The van der Waals surface area contributed by atoms with Crippen LogP contribution in [0, 0.1) is 0 Å². The van der Waals surface area contributed by atoms with Crippen molar-refractivity contribution in [1.82, 2.24) is 0 Å². The van der Waals surface area contributed by atoms with E-state index in [1.807, 2.05) is 6.92 Å². The summed E-state index contributed by atoms with van der Waals surface area (Å²) in [6.07, 6.45) is 0.994. The van der Waals surface area contributed by atoms with Gasteiger partial charge in [-0.2, -0.15) is 0 Å². The molecule has 1 amide bonds. The van der Waals surface area contributed by atoms with Gasteiger partial charge in [0.05, 0.1) is 14.2 Å². The number of carbonyl (C=O) groups excluding carboxylic acids is 2. The summed E-state index contributed by atoms with van der Waals surface area (Å²) in [5.74, 6) is 0.320. The molecule has 1 aromatic carbocycles. The van der Waals surface area contributed by atoms with Crippen molar-refractivity contribution in [1.29, 1.82) is 0 Å². The van der Waals surface area contributed by atoms with Crippen LogP contribution >= 0.6 is 0 Å². The van der Waals surface area contributed by atoms with Crippen LogP contribution in [0.2, 0.25) is 0 Å². The zero-order valence-corrected chi connectivity index (χ0v) is 11.9. The van der Waals surface area contributed by atoms with Gasteiger partial charge in [-0.15, -0.1) is 0 Å². The van der Waals surface area contributed by atoms with Crippen LogP contribution in [-0.2, 0) is 14.3 Å². The van der Waals surface area contributed by atoms with Crippen molar-refractivity contribution in [2.24, 2.45) is 0 Å². The van der Waals surface area contributed by atoms with Crippen LogP contribution in [-0.4, -0.2) is 32.7 Å². The molecular formula is C14H19NO5. The van der Waals surface area contributed by atoms with E-state index >= 15 is 0 Å². The number of nitrogens with one attached hydrogen (secondary N) is 1. The molecule has 0 radical (unpaired) electrons. The second-order valence-electron chi connectivity index (χ2n) is 4.06. The van der Waals surface area contributed by atoms with Gasteiger partial charge in [-0.05, 0) is 6.42 Å². The van der Waals surface area contributed by atoms with E-state index in [4.69, 9.17) is 14.2 Å². The molecule has 0 saturated carbocycles. The normalized spacial score (nSPS) is 9.75. The lowest BCUT2D eigenvalue weighted by Gasteiger charge is -2.10. The highest BCUT2D eigenvalue weighted by atomic mass is 16.5. The number of methoxy groups -OCH3 is 2. The Bertz CT molecular complexity index is 450. The molecule has 0 spiro atoms. The van der Waals surface area contributed by atoms with E-state index in [0.717, 1.165) is 0 Å². The number of amides is 1. The summed E-state index contributed by atoms with van der Waals surface area (Å²) >= 11 is 0. The third kappa shape index (κ3) is 5.17. The van der Waals surface area contributed by atoms with Crippen molar-refractivity contribution in [2.45, 2.75) is 19.8 Å². The van der Waals surface area contributed by atoms with Gasteiger partial charge in [-0.3, -0.25) is 9.59 Å². The lowest BCUT2D eigenvalue weighted by Crippen LogP contribution is -2.20. The van der Waals surface area contributed by atoms with Gasteiger partial charge >= 0.3 is 5.97 Å². The molecule has 0 heterocycles. The van der Waals surface area contributed by atoms with Gasteiger partial charge in [0.25, 0.3) is 5.91 Å². The fraction of sp³-hybridized carbons (Fsp3) is 0.429. The number of anilines is 1. The Kier molecular flexibility index (Phi) is 6.36. The Morgan fingerprint density at radius 2 is 1.70 bits per heavy atom. The van der Waals surface area contributed by atoms with Gasteiger partial charge in [0.2, 0.25) is 0 Å². The van der Waals surface area contributed by atoms with E-state index in [1.54, 1.807) is 18.2 Å². The number of carbonyl (C=O) groups is 2. The molecule has 6 heteroatoms. The number of benzene rings is 1. The van der Waals surface area contributed by atoms with Gasteiger partial charge in [-0.1, -0.05) is 6.92 Å². The monoisotopic (exact) mass is 281 g/mol. The highest BCUT2D eigenvalue weighted by Crippen LogP contribution is 2.25. The molecule has 110 valence electrons. The largest absolute Gasteiger partial charge is 0.497 e. The number of rotatable bonds is 7. The fourth-order valence-electron chi connectivity index (χ4n) is 1.50. The molecule has 0 unspecified atom stereocenters. The standard InChI is InChI=1S/C14H19NO5/c1-4-5-14(17)20-9-13(16)15-10-6-11(18-2)8-12(7-10)19-3/h6-8H,4-5,9H2,1-3H3,(H,15,16). The molecule has 0 bridgehead atoms. The van der Waals surface area contributed by atoms with Gasteiger partial charge in [0.15, 0.2) is 6.61 Å². The minimum atomic E-state index is -0.412. The van der Waals surface area contributed by atoms with Crippen molar-refractivity contribution in [3.8, 4) is 11.5 Å². The van der Waals surface area contributed by atoms with Gasteiger partial charge in [0.1, 0.15) is 11.5 Å². The predicted octanol–water partition coefficient (Wildman–Crippen LogP) is 1.99. The second-order valence-corrected chi connectivity index (χ2v) is 4.06. The number of hydrogen-bond acceptors (Lipinski definition) is 5. The van der Waals surface area contributed by atoms with E-state index in [1.165, 1.54) is 14.2 Å². The van der Waals surface area contributed by atoms with Crippen LogP contribution in [0.1, 0.15) is 19.8 Å².